The largest absolute Gasteiger partial charge is 0.391 e. The van der Waals surface area contributed by atoms with E-state index < -0.39 is 12.1 Å². The number of halogens is 1. The Labute approximate surface area is 79.7 Å². The van der Waals surface area contributed by atoms with Crippen molar-refractivity contribution in [3.05, 3.63) is 28.5 Å². The quantitative estimate of drug-likeness (QED) is 0.804. The van der Waals surface area contributed by atoms with Crippen LogP contribution in [0.2, 0.25) is 0 Å². The van der Waals surface area contributed by atoms with Crippen LogP contribution < -0.4 is 5.73 Å². The van der Waals surface area contributed by atoms with E-state index in [-0.39, 0.29) is 0 Å². The molecule has 3 nitrogen and oxygen atoms in total. The van der Waals surface area contributed by atoms with Crippen LogP contribution in [0.25, 0.3) is 0 Å². The van der Waals surface area contributed by atoms with Crippen LogP contribution in [0.1, 0.15) is 18.7 Å². The maximum Gasteiger partial charge on any atom is 0.0742 e. The van der Waals surface area contributed by atoms with Crippen molar-refractivity contribution in [1.82, 2.24) is 4.98 Å². The van der Waals surface area contributed by atoms with Gasteiger partial charge >= 0.3 is 0 Å². The van der Waals surface area contributed by atoms with Crippen molar-refractivity contribution in [3.63, 3.8) is 0 Å². The zero-order valence-electron chi connectivity index (χ0n) is 6.74. The number of aliphatic hydroxyl groups is 1. The molecule has 0 saturated carbocycles. The summed E-state index contributed by atoms with van der Waals surface area (Å²) in [6, 6.07) is 3.23. The summed E-state index contributed by atoms with van der Waals surface area (Å²) in [5.41, 5.74) is 6.38. The average molecular weight is 231 g/mol. The summed E-state index contributed by atoms with van der Waals surface area (Å²) < 4.78 is 0.832. The molecular weight excluding hydrogens is 220 g/mol. The topological polar surface area (TPSA) is 59.1 Å². The van der Waals surface area contributed by atoms with Gasteiger partial charge in [0.2, 0.25) is 0 Å². The molecule has 0 aliphatic carbocycles. The standard InChI is InChI=1S/C8H11BrN2O/c1-5(12)7(10)8-6(9)3-2-4-11-8/h2-5,7,12H,10H2,1H3/t5-,7+/m1/s1. The molecule has 1 aromatic heterocycles. The molecule has 0 aliphatic heterocycles. The number of hydrogen-bond donors (Lipinski definition) is 2. The molecular formula is C8H11BrN2O. The highest BCUT2D eigenvalue weighted by Crippen LogP contribution is 2.20. The third-order valence-corrected chi connectivity index (χ3v) is 2.29. The molecule has 0 aromatic carbocycles. The first-order valence-corrected chi connectivity index (χ1v) is 4.46. The molecule has 1 rings (SSSR count). The second-order valence-electron chi connectivity index (χ2n) is 2.64. The molecule has 1 aromatic rings. The van der Waals surface area contributed by atoms with Gasteiger partial charge in [0.15, 0.2) is 0 Å². The van der Waals surface area contributed by atoms with E-state index >= 15 is 0 Å². The minimum atomic E-state index is -0.587. The van der Waals surface area contributed by atoms with Crippen molar-refractivity contribution in [2.75, 3.05) is 0 Å². The second kappa shape index (κ2) is 3.98. The van der Waals surface area contributed by atoms with Crippen LogP contribution >= 0.6 is 15.9 Å². The van der Waals surface area contributed by atoms with Crippen LogP contribution in [0, 0.1) is 0 Å². The molecule has 66 valence electrons. The smallest absolute Gasteiger partial charge is 0.0742 e. The average Bonchev–Trinajstić information content (AvgIpc) is 2.04. The molecule has 0 unspecified atom stereocenters. The molecule has 0 aliphatic rings. The van der Waals surface area contributed by atoms with E-state index in [9.17, 15) is 5.11 Å². The normalized spacial score (nSPS) is 15.7. The van der Waals surface area contributed by atoms with Gasteiger partial charge in [-0.05, 0) is 35.0 Å². The van der Waals surface area contributed by atoms with Gasteiger partial charge in [-0.1, -0.05) is 0 Å². The highest BCUT2D eigenvalue weighted by molar-refractivity contribution is 9.10. The Balaban J connectivity index is 2.94. The summed E-state index contributed by atoms with van der Waals surface area (Å²) in [6.45, 7) is 1.64. The van der Waals surface area contributed by atoms with Crippen molar-refractivity contribution in [3.8, 4) is 0 Å². The highest BCUT2D eigenvalue weighted by atomic mass is 79.9. The van der Waals surface area contributed by atoms with Gasteiger partial charge in [-0.3, -0.25) is 4.98 Å². The van der Waals surface area contributed by atoms with Crippen molar-refractivity contribution >= 4 is 15.9 Å². The number of nitrogens with zero attached hydrogens (tertiary/aromatic N) is 1. The Morgan fingerprint density at radius 1 is 1.67 bits per heavy atom. The monoisotopic (exact) mass is 230 g/mol. The maximum absolute atomic E-state index is 9.21. The van der Waals surface area contributed by atoms with Gasteiger partial charge < -0.3 is 10.8 Å². The number of nitrogens with two attached hydrogens (primary N) is 1. The van der Waals surface area contributed by atoms with E-state index in [2.05, 4.69) is 20.9 Å². The van der Waals surface area contributed by atoms with Crippen molar-refractivity contribution in [1.29, 1.82) is 0 Å². The summed E-state index contributed by atoms with van der Waals surface area (Å²) in [4.78, 5) is 4.07. The van der Waals surface area contributed by atoms with E-state index in [1.54, 1.807) is 13.1 Å². The highest BCUT2D eigenvalue weighted by Gasteiger charge is 2.15. The lowest BCUT2D eigenvalue weighted by atomic mass is 10.1. The lowest BCUT2D eigenvalue weighted by Crippen LogP contribution is -2.24. The number of aromatic nitrogens is 1. The molecule has 2 atom stereocenters. The molecule has 0 amide bonds. The van der Waals surface area contributed by atoms with Gasteiger partial charge in [0.05, 0.1) is 17.8 Å². The molecule has 3 N–H and O–H groups in total. The van der Waals surface area contributed by atoms with Crippen molar-refractivity contribution < 1.29 is 5.11 Å². The van der Waals surface area contributed by atoms with Gasteiger partial charge in [-0.2, -0.15) is 0 Å². The van der Waals surface area contributed by atoms with E-state index in [0.29, 0.717) is 5.69 Å². The van der Waals surface area contributed by atoms with Crippen LogP contribution in [0.5, 0.6) is 0 Å². The van der Waals surface area contributed by atoms with Gasteiger partial charge in [-0.15, -0.1) is 0 Å². The summed E-state index contributed by atoms with van der Waals surface area (Å²) in [6.07, 6.45) is 1.07. The Morgan fingerprint density at radius 3 is 2.83 bits per heavy atom. The van der Waals surface area contributed by atoms with Crippen LogP contribution in [0.3, 0.4) is 0 Å². The second-order valence-corrected chi connectivity index (χ2v) is 3.49. The van der Waals surface area contributed by atoms with Crippen LogP contribution in [-0.2, 0) is 0 Å². The third kappa shape index (κ3) is 2.03. The lowest BCUT2D eigenvalue weighted by molar-refractivity contribution is 0.162. The van der Waals surface area contributed by atoms with E-state index in [0.717, 1.165) is 4.47 Å². The van der Waals surface area contributed by atoms with E-state index in [4.69, 9.17) is 5.73 Å². The maximum atomic E-state index is 9.21. The number of rotatable bonds is 2. The Hall–Kier alpha value is -0.450. The Morgan fingerprint density at radius 2 is 2.33 bits per heavy atom. The predicted octanol–water partition coefficient (Wildman–Crippen LogP) is 1.22. The molecule has 1 heterocycles. The molecule has 0 radical (unpaired) electrons. The molecule has 0 bridgehead atoms. The molecule has 12 heavy (non-hydrogen) atoms. The molecule has 4 heteroatoms. The van der Waals surface area contributed by atoms with Crippen molar-refractivity contribution in [2.45, 2.75) is 19.1 Å². The first kappa shape index (κ1) is 9.64. The first-order valence-electron chi connectivity index (χ1n) is 3.67. The van der Waals surface area contributed by atoms with Crippen LogP contribution in [-0.4, -0.2) is 16.2 Å². The Bertz CT molecular complexity index is 265. The first-order chi connectivity index (χ1) is 5.63. The molecule has 0 saturated heterocycles. The number of aliphatic hydroxyl groups excluding tert-OH is 1. The zero-order chi connectivity index (χ0) is 9.14. The van der Waals surface area contributed by atoms with Crippen LogP contribution in [0.4, 0.5) is 0 Å². The fraction of sp³-hybridized carbons (Fsp3) is 0.375. The summed E-state index contributed by atoms with van der Waals surface area (Å²) >= 11 is 3.31. The minimum absolute atomic E-state index is 0.430. The third-order valence-electron chi connectivity index (χ3n) is 1.62. The summed E-state index contributed by atoms with van der Waals surface area (Å²) in [5, 5.41) is 9.21. The SMILES string of the molecule is C[C@@H](O)[C@H](N)c1ncccc1Br. The predicted molar refractivity (Wildman–Crippen MR) is 50.5 cm³/mol. The Kier molecular flexibility index (Phi) is 3.20. The number of pyridine rings is 1. The fourth-order valence-electron chi connectivity index (χ4n) is 0.872. The van der Waals surface area contributed by atoms with Gasteiger partial charge in [0.1, 0.15) is 0 Å². The van der Waals surface area contributed by atoms with Crippen molar-refractivity contribution in [2.24, 2.45) is 5.73 Å². The van der Waals surface area contributed by atoms with E-state index in [1.807, 2.05) is 12.1 Å². The summed E-state index contributed by atoms with van der Waals surface area (Å²) in [5.74, 6) is 0. The van der Waals surface area contributed by atoms with Gasteiger partial charge in [-0.25, -0.2) is 0 Å². The lowest BCUT2D eigenvalue weighted by Gasteiger charge is -2.14. The van der Waals surface area contributed by atoms with Crippen LogP contribution in [0.15, 0.2) is 22.8 Å². The van der Waals surface area contributed by atoms with Gasteiger partial charge in [0.25, 0.3) is 0 Å². The summed E-state index contributed by atoms with van der Waals surface area (Å²) in [7, 11) is 0. The minimum Gasteiger partial charge on any atom is -0.391 e. The van der Waals surface area contributed by atoms with E-state index in [1.165, 1.54) is 0 Å². The molecule has 0 spiro atoms. The number of hydrogen-bond acceptors (Lipinski definition) is 3. The molecule has 0 fully saturated rings. The fourth-order valence-corrected chi connectivity index (χ4v) is 1.39. The van der Waals surface area contributed by atoms with Gasteiger partial charge in [0, 0.05) is 10.7 Å². The zero-order valence-corrected chi connectivity index (χ0v) is 8.32.